The molecular weight excluding hydrogens is 468 g/mol. The van der Waals surface area contributed by atoms with Crippen molar-refractivity contribution in [3.05, 3.63) is 45.8 Å². The van der Waals surface area contributed by atoms with E-state index in [1.165, 1.54) is 13.0 Å². The maximum Gasteiger partial charge on any atom is 0.232 e. The van der Waals surface area contributed by atoms with E-state index in [9.17, 15) is 18.3 Å². The van der Waals surface area contributed by atoms with E-state index >= 15 is 0 Å². The number of amidine groups is 1. The molecule has 9 nitrogen and oxygen atoms in total. The zero-order valence-corrected chi connectivity index (χ0v) is 22.2. The van der Waals surface area contributed by atoms with Crippen LogP contribution in [0.15, 0.2) is 12.1 Å². The Morgan fingerprint density at radius 2 is 1.91 bits per heavy atom. The van der Waals surface area contributed by atoms with Gasteiger partial charge in [-0.15, -0.1) is 0 Å². The van der Waals surface area contributed by atoms with Crippen molar-refractivity contribution in [1.82, 2.24) is 9.88 Å². The van der Waals surface area contributed by atoms with Gasteiger partial charge in [0.15, 0.2) is 5.78 Å². The van der Waals surface area contributed by atoms with Gasteiger partial charge in [0.2, 0.25) is 10.0 Å². The van der Waals surface area contributed by atoms with Gasteiger partial charge in [-0.25, -0.2) is 13.4 Å². The summed E-state index contributed by atoms with van der Waals surface area (Å²) in [4.78, 5) is 19.5. The highest BCUT2D eigenvalue weighted by Gasteiger charge is 2.32. The number of aromatic hydroxyl groups is 1. The number of Topliss-reactive ketones (excluding diaryl/α,β-unsaturated/α-hetero) is 1. The predicted octanol–water partition coefficient (Wildman–Crippen LogP) is 3.89. The van der Waals surface area contributed by atoms with Gasteiger partial charge in [-0.05, 0) is 45.2 Å². The van der Waals surface area contributed by atoms with Gasteiger partial charge in [0.1, 0.15) is 23.0 Å². The molecule has 190 valence electrons. The number of carbonyl (C=O) groups excluding carboxylic acids is 1. The third-order valence-corrected chi connectivity index (χ3v) is 7.38. The van der Waals surface area contributed by atoms with Crippen molar-refractivity contribution in [3.8, 4) is 11.5 Å². The molecular formula is C25H34N4O5S. The quantitative estimate of drug-likeness (QED) is 0.368. The van der Waals surface area contributed by atoms with E-state index in [4.69, 9.17) is 10.1 Å². The summed E-state index contributed by atoms with van der Waals surface area (Å²) in [5, 5.41) is 19.4. The Morgan fingerprint density at radius 1 is 1.26 bits per heavy atom. The lowest BCUT2D eigenvalue weighted by Crippen LogP contribution is -2.30. The molecule has 0 fully saturated rings. The highest BCUT2D eigenvalue weighted by Crippen LogP contribution is 2.38. The Kier molecular flexibility index (Phi) is 7.17. The normalized spacial score (nSPS) is 13.7. The van der Waals surface area contributed by atoms with E-state index in [-0.39, 0.29) is 40.9 Å². The number of pyridine rings is 1. The molecule has 2 aromatic rings. The fourth-order valence-electron chi connectivity index (χ4n) is 4.12. The van der Waals surface area contributed by atoms with E-state index in [1.807, 2.05) is 41.5 Å². The minimum atomic E-state index is -3.67. The molecule has 1 aliphatic rings. The molecule has 1 aliphatic heterocycles. The topological polar surface area (TPSA) is 133 Å². The van der Waals surface area contributed by atoms with Crippen LogP contribution in [0, 0.1) is 19.3 Å². The standard InChI is InChI=1S/C25H34N4O5S/c1-8-34-23-14(3)17-12-29(24(26)21(17)27-15(23)4)13-20(30)16-10-18(25(5,6)7)22(31)19(11-16)28-35(32,33)9-2/h10-11,26,28,31H,8-9,12-13H2,1-7H3. The van der Waals surface area contributed by atoms with Crippen molar-refractivity contribution in [2.75, 3.05) is 23.6 Å². The van der Waals surface area contributed by atoms with Gasteiger partial charge in [-0.1, -0.05) is 20.8 Å². The van der Waals surface area contributed by atoms with E-state index < -0.39 is 15.4 Å². The van der Waals surface area contributed by atoms with Crippen LogP contribution in [0.4, 0.5) is 5.69 Å². The van der Waals surface area contributed by atoms with E-state index in [1.54, 1.807) is 11.0 Å². The molecule has 35 heavy (non-hydrogen) atoms. The number of ether oxygens (including phenoxy) is 1. The largest absolute Gasteiger partial charge is 0.505 e. The fourth-order valence-corrected chi connectivity index (χ4v) is 4.76. The Hall–Kier alpha value is -3.14. The average molecular weight is 503 g/mol. The van der Waals surface area contributed by atoms with Gasteiger partial charge in [-0.2, -0.15) is 0 Å². The molecule has 3 rings (SSSR count). The number of rotatable bonds is 8. The van der Waals surface area contributed by atoms with Crippen LogP contribution in [-0.4, -0.2) is 53.9 Å². The first kappa shape index (κ1) is 26.5. The van der Waals surface area contributed by atoms with Crippen molar-refractivity contribution in [2.45, 2.75) is 60.4 Å². The molecule has 0 bridgehead atoms. The minimum absolute atomic E-state index is 0.0306. The van der Waals surface area contributed by atoms with Crippen molar-refractivity contribution in [3.63, 3.8) is 0 Å². The van der Waals surface area contributed by atoms with Crippen LogP contribution in [0.25, 0.3) is 0 Å². The van der Waals surface area contributed by atoms with Crippen molar-refractivity contribution in [1.29, 1.82) is 5.41 Å². The van der Waals surface area contributed by atoms with Crippen LogP contribution in [-0.2, 0) is 22.0 Å². The molecule has 0 atom stereocenters. The summed E-state index contributed by atoms with van der Waals surface area (Å²) in [6.07, 6.45) is 0. The molecule has 0 unspecified atom stereocenters. The summed E-state index contributed by atoms with van der Waals surface area (Å²) < 4.78 is 32.5. The van der Waals surface area contributed by atoms with E-state index in [0.29, 0.717) is 35.9 Å². The summed E-state index contributed by atoms with van der Waals surface area (Å²) in [5.41, 5.74) is 3.12. The molecule has 0 saturated heterocycles. The molecule has 1 aromatic carbocycles. The van der Waals surface area contributed by atoms with Gasteiger partial charge in [0, 0.05) is 28.8 Å². The second kappa shape index (κ2) is 9.49. The van der Waals surface area contributed by atoms with Gasteiger partial charge in [0.05, 0.1) is 30.3 Å². The highest BCUT2D eigenvalue weighted by molar-refractivity contribution is 7.92. The van der Waals surface area contributed by atoms with Crippen molar-refractivity contribution in [2.24, 2.45) is 0 Å². The second-order valence-electron chi connectivity index (χ2n) is 9.71. The number of fused-ring (bicyclic) bond motifs is 1. The third kappa shape index (κ3) is 5.27. The number of sulfonamides is 1. The molecule has 0 saturated carbocycles. The molecule has 2 heterocycles. The van der Waals surface area contributed by atoms with Crippen molar-refractivity contribution >= 4 is 27.3 Å². The number of phenols is 1. The van der Waals surface area contributed by atoms with Crippen molar-refractivity contribution < 1.29 is 23.1 Å². The fraction of sp³-hybridized carbons (Fsp3) is 0.480. The number of hydrogen-bond donors (Lipinski definition) is 3. The lowest BCUT2D eigenvalue weighted by molar-refractivity contribution is 0.0962. The van der Waals surface area contributed by atoms with Crippen LogP contribution >= 0.6 is 0 Å². The molecule has 0 spiro atoms. The number of nitrogens with one attached hydrogen (secondary N) is 2. The highest BCUT2D eigenvalue weighted by atomic mass is 32.2. The number of ketones is 1. The Bertz CT molecular complexity index is 1300. The number of anilines is 1. The number of aryl methyl sites for hydroxylation is 1. The summed E-state index contributed by atoms with van der Waals surface area (Å²) in [7, 11) is -3.67. The lowest BCUT2D eigenvalue weighted by atomic mass is 9.84. The number of phenolic OH excluding ortho intramolecular Hbond substituents is 1. The second-order valence-corrected chi connectivity index (χ2v) is 11.7. The Labute approximate surface area is 207 Å². The van der Waals surface area contributed by atoms with E-state index in [0.717, 1.165) is 11.1 Å². The zero-order valence-electron chi connectivity index (χ0n) is 21.4. The zero-order chi connectivity index (χ0) is 26.3. The first-order valence-corrected chi connectivity index (χ1v) is 13.2. The molecule has 3 N–H and O–H groups in total. The molecule has 1 aromatic heterocycles. The Balaban J connectivity index is 1.96. The van der Waals surface area contributed by atoms with Gasteiger partial charge in [0.25, 0.3) is 0 Å². The molecule has 0 amide bonds. The van der Waals surface area contributed by atoms with Gasteiger partial charge >= 0.3 is 0 Å². The molecule has 0 radical (unpaired) electrons. The molecule has 0 aliphatic carbocycles. The number of aromatic nitrogens is 1. The molecule has 10 heteroatoms. The SMILES string of the molecule is CCOc1c(C)nc2c(c1C)CN(CC(=O)c1cc(NS(=O)(=O)CC)c(O)c(C(C)(C)C)c1)C2=N. The first-order valence-electron chi connectivity index (χ1n) is 11.6. The Morgan fingerprint density at radius 3 is 2.49 bits per heavy atom. The van der Waals surface area contributed by atoms with Crippen LogP contribution < -0.4 is 9.46 Å². The average Bonchev–Trinajstić information content (AvgIpc) is 3.07. The third-order valence-electron chi connectivity index (χ3n) is 6.09. The lowest BCUT2D eigenvalue weighted by Gasteiger charge is -2.24. The monoisotopic (exact) mass is 502 g/mol. The van der Waals surface area contributed by atoms with Crippen LogP contribution in [0.5, 0.6) is 11.5 Å². The minimum Gasteiger partial charge on any atom is -0.505 e. The summed E-state index contributed by atoms with van der Waals surface area (Å²) in [6.45, 7) is 13.5. The number of carbonyl (C=O) groups is 1. The number of hydrogen-bond acceptors (Lipinski definition) is 7. The predicted molar refractivity (Wildman–Crippen MR) is 136 cm³/mol. The summed E-state index contributed by atoms with van der Waals surface area (Å²) >= 11 is 0. The van der Waals surface area contributed by atoms with Crippen LogP contribution in [0.3, 0.4) is 0 Å². The smallest absolute Gasteiger partial charge is 0.232 e. The van der Waals surface area contributed by atoms with Crippen LogP contribution in [0.2, 0.25) is 0 Å². The number of nitrogens with zero attached hydrogens (tertiary/aromatic N) is 2. The maximum atomic E-state index is 13.4. The number of benzene rings is 1. The first-order chi connectivity index (χ1) is 16.2. The van der Waals surface area contributed by atoms with Gasteiger partial charge < -0.3 is 14.7 Å². The summed E-state index contributed by atoms with van der Waals surface area (Å²) in [6, 6.07) is 2.95. The van der Waals surface area contributed by atoms with E-state index in [2.05, 4.69) is 9.71 Å². The van der Waals surface area contributed by atoms with Crippen LogP contribution in [0.1, 0.15) is 73.1 Å². The summed E-state index contributed by atoms with van der Waals surface area (Å²) in [5.74, 6) is 0.182. The van der Waals surface area contributed by atoms with Gasteiger partial charge in [-0.3, -0.25) is 14.9 Å². The maximum absolute atomic E-state index is 13.4.